The second-order valence-electron chi connectivity index (χ2n) is 13.8. The number of likely N-dealkylation sites (tertiary alicyclic amines) is 1. The zero-order valence-electron chi connectivity index (χ0n) is 25.2. The highest BCUT2D eigenvalue weighted by atomic mass is 35.5. The molecule has 0 bridgehead atoms. The van der Waals surface area contributed by atoms with Crippen LogP contribution in [0.5, 0.6) is 5.75 Å². The molecule has 2 saturated carbocycles. The Kier molecular flexibility index (Phi) is 7.37. The van der Waals surface area contributed by atoms with E-state index in [1.807, 2.05) is 9.58 Å². The van der Waals surface area contributed by atoms with Gasteiger partial charge in [-0.2, -0.15) is 0 Å². The van der Waals surface area contributed by atoms with Gasteiger partial charge in [0.25, 0.3) is 0 Å². The van der Waals surface area contributed by atoms with E-state index in [0.717, 1.165) is 62.7 Å². The van der Waals surface area contributed by atoms with Crippen LogP contribution in [0.2, 0.25) is 5.02 Å². The first kappa shape index (κ1) is 29.5. The Labute approximate surface area is 261 Å². The number of carbonyl (C=O) groups excluding carboxylic acids is 3. The van der Waals surface area contributed by atoms with Crippen LogP contribution >= 0.6 is 11.6 Å². The highest BCUT2D eigenvalue weighted by Crippen LogP contribution is 2.54. The number of nitrogens with zero attached hydrogens (tertiary/aromatic N) is 5. The normalized spacial score (nSPS) is 27.3. The first-order valence-corrected chi connectivity index (χ1v) is 16.4. The van der Waals surface area contributed by atoms with Crippen molar-refractivity contribution in [2.75, 3.05) is 19.6 Å². The molecule has 1 saturated heterocycles. The molecule has 1 spiro atoms. The van der Waals surface area contributed by atoms with E-state index in [2.05, 4.69) is 10.3 Å². The lowest BCUT2D eigenvalue weighted by molar-refractivity contribution is -0.152. The van der Waals surface area contributed by atoms with Gasteiger partial charge in [0.1, 0.15) is 12.3 Å². The molecule has 236 valence electrons. The van der Waals surface area contributed by atoms with Gasteiger partial charge in [-0.3, -0.25) is 14.4 Å². The van der Waals surface area contributed by atoms with E-state index in [4.69, 9.17) is 22.1 Å². The van der Waals surface area contributed by atoms with Gasteiger partial charge in [-0.15, -0.1) is 5.10 Å². The molecule has 2 aliphatic carbocycles. The third-order valence-electron chi connectivity index (χ3n) is 11.1. The Hall–Kier alpha value is -3.21. The van der Waals surface area contributed by atoms with Crippen molar-refractivity contribution in [3.63, 3.8) is 0 Å². The molecule has 1 aromatic heterocycles. The molecule has 0 unspecified atom stereocenters. The Morgan fingerprint density at radius 3 is 2.73 bits per heavy atom. The summed E-state index contributed by atoms with van der Waals surface area (Å²) in [5.74, 6) is -1.82. The standard InChI is InChI=1S/C32H40ClFN6O4/c1-31(30(35)43)9-4-2-6-20(31)29(42)39-13-8-19-21(33)14-22(34)28(44-17-23-24-7-3-5-12-40(24)37-36-23)27(19)25(39)16-38-18-32(10-11-32)15-26(38)41/h14,20,25H,2-13,15-18H2,1H3,(H2,35,43)/t20-,25+,31-/m0/s1. The quantitative estimate of drug-likeness (QED) is 0.494. The van der Waals surface area contributed by atoms with Crippen LogP contribution in [0.1, 0.15) is 93.3 Å². The number of hydrogen-bond donors (Lipinski definition) is 1. The molecule has 0 radical (unpaired) electrons. The largest absolute Gasteiger partial charge is 0.484 e. The molecular formula is C32H40ClFN6O4. The molecule has 3 fully saturated rings. The Bertz CT molecular complexity index is 1520. The van der Waals surface area contributed by atoms with Crippen molar-refractivity contribution >= 4 is 29.3 Å². The number of aryl methyl sites for hydroxylation is 1. The molecule has 12 heteroatoms. The molecule has 3 amide bonds. The number of rotatable bonds is 7. The van der Waals surface area contributed by atoms with Crippen molar-refractivity contribution in [2.24, 2.45) is 22.5 Å². The van der Waals surface area contributed by atoms with Crippen molar-refractivity contribution in [3.8, 4) is 5.75 Å². The van der Waals surface area contributed by atoms with Crippen molar-refractivity contribution in [1.82, 2.24) is 24.8 Å². The summed E-state index contributed by atoms with van der Waals surface area (Å²) in [6.45, 7) is 3.76. The molecule has 7 rings (SSSR count). The summed E-state index contributed by atoms with van der Waals surface area (Å²) in [7, 11) is 0. The lowest BCUT2D eigenvalue weighted by Gasteiger charge is -2.45. The van der Waals surface area contributed by atoms with Gasteiger partial charge in [-0.25, -0.2) is 9.07 Å². The molecule has 3 aliphatic heterocycles. The average Bonchev–Trinajstić information content (AvgIpc) is 3.50. The third kappa shape index (κ3) is 4.95. The minimum atomic E-state index is -0.978. The topological polar surface area (TPSA) is 124 Å². The number of fused-ring (bicyclic) bond motifs is 2. The Morgan fingerprint density at radius 2 is 1.98 bits per heavy atom. The van der Waals surface area contributed by atoms with Gasteiger partial charge >= 0.3 is 0 Å². The van der Waals surface area contributed by atoms with Crippen LogP contribution in [0.4, 0.5) is 4.39 Å². The number of hydrogen-bond acceptors (Lipinski definition) is 6. The summed E-state index contributed by atoms with van der Waals surface area (Å²) in [6, 6.07) is 0.580. The predicted molar refractivity (Wildman–Crippen MR) is 159 cm³/mol. The van der Waals surface area contributed by atoms with Crippen LogP contribution in [0, 0.1) is 22.6 Å². The average molecular weight is 627 g/mol. The van der Waals surface area contributed by atoms with Gasteiger partial charge in [0.2, 0.25) is 17.7 Å². The second kappa shape index (κ2) is 11.0. The Balaban J connectivity index is 1.27. The maximum Gasteiger partial charge on any atom is 0.227 e. The molecule has 5 aliphatic rings. The number of ether oxygens (including phenoxy) is 1. The van der Waals surface area contributed by atoms with Crippen molar-refractivity contribution in [2.45, 2.75) is 96.7 Å². The minimum absolute atomic E-state index is 0.0173. The lowest BCUT2D eigenvalue weighted by atomic mass is 9.66. The zero-order valence-corrected chi connectivity index (χ0v) is 26.0. The van der Waals surface area contributed by atoms with Crippen LogP contribution in [0.15, 0.2) is 6.07 Å². The van der Waals surface area contributed by atoms with Crippen LogP contribution < -0.4 is 10.5 Å². The maximum absolute atomic E-state index is 15.9. The van der Waals surface area contributed by atoms with Gasteiger partial charge < -0.3 is 20.3 Å². The van der Waals surface area contributed by atoms with E-state index in [9.17, 15) is 14.4 Å². The lowest BCUT2D eigenvalue weighted by Crippen LogP contribution is -2.54. The van der Waals surface area contributed by atoms with Gasteiger partial charge in [0.15, 0.2) is 11.6 Å². The maximum atomic E-state index is 15.9. The summed E-state index contributed by atoms with van der Waals surface area (Å²) in [5, 5.41) is 8.85. The summed E-state index contributed by atoms with van der Waals surface area (Å²) in [4.78, 5) is 44.0. The fourth-order valence-corrected chi connectivity index (χ4v) is 8.42. The fourth-order valence-electron chi connectivity index (χ4n) is 8.13. The van der Waals surface area contributed by atoms with Gasteiger partial charge in [-0.05, 0) is 75.3 Å². The smallest absolute Gasteiger partial charge is 0.227 e. The predicted octanol–water partition coefficient (Wildman–Crippen LogP) is 4.11. The van der Waals surface area contributed by atoms with E-state index in [0.29, 0.717) is 50.0 Å². The second-order valence-corrected chi connectivity index (χ2v) is 14.2. The van der Waals surface area contributed by atoms with Crippen molar-refractivity contribution in [1.29, 1.82) is 0 Å². The van der Waals surface area contributed by atoms with Gasteiger partial charge in [0, 0.05) is 43.2 Å². The van der Waals surface area contributed by atoms with Crippen molar-refractivity contribution in [3.05, 3.63) is 39.4 Å². The van der Waals surface area contributed by atoms with E-state index in [-0.39, 0.29) is 41.2 Å². The summed E-state index contributed by atoms with van der Waals surface area (Å²) in [6.07, 6.45) is 8.54. The fraction of sp³-hybridized carbons (Fsp3) is 0.656. The Morgan fingerprint density at radius 1 is 1.16 bits per heavy atom. The summed E-state index contributed by atoms with van der Waals surface area (Å²) >= 11 is 6.68. The molecule has 10 nitrogen and oxygen atoms in total. The number of amides is 3. The molecular weight excluding hydrogens is 587 g/mol. The van der Waals surface area contributed by atoms with E-state index in [1.165, 1.54) is 6.07 Å². The number of halogens is 2. The molecule has 2 aromatic rings. The minimum Gasteiger partial charge on any atom is -0.484 e. The molecule has 3 atom stereocenters. The monoisotopic (exact) mass is 626 g/mol. The third-order valence-corrected chi connectivity index (χ3v) is 11.4. The first-order valence-electron chi connectivity index (χ1n) is 16.0. The summed E-state index contributed by atoms with van der Waals surface area (Å²) < 4.78 is 24.1. The number of aromatic nitrogens is 3. The van der Waals surface area contributed by atoms with E-state index >= 15 is 4.39 Å². The van der Waals surface area contributed by atoms with Gasteiger partial charge in [-0.1, -0.05) is 29.7 Å². The van der Waals surface area contributed by atoms with Crippen molar-refractivity contribution < 1.29 is 23.5 Å². The summed E-state index contributed by atoms with van der Waals surface area (Å²) in [5.41, 5.74) is 7.81. The van der Waals surface area contributed by atoms with Gasteiger partial charge in [0.05, 0.1) is 23.1 Å². The number of nitrogens with two attached hydrogens (primary N) is 1. The van der Waals surface area contributed by atoms with E-state index < -0.39 is 29.1 Å². The molecule has 1 aromatic carbocycles. The number of primary amides is 1. The zero-order chi connectivity index (χ0) is 30.8. The number of carbonyl (C=O) groups is 3. The van der Waals surface area contributed by atoms with Crippen LogP contribution in [-0.2, 0) is 40.4 Å². The van der Waals surface area contributed by atoms with Crippen LogP contribution in [0.3, 0.4) is 0 Å². The first-order chi connectivity index (χ1) is 21.1. The van der Waals surface area contributed by atoms with Crippen LogP contribution in [0.25, 0.3) is 0 Å². The number of benzene rings is 1. The highest BCUT2D eigenvalue weighted by Gasteiger charge is 2.53. The molecule has 44 heavy (non-hydrogen) atoms. The highest BCUT2D eigenvalue weighted by molar-refractivity contribution is 6.31. The SMILES string of the molecule is C[C@]1(C(N)=O)CCCC[C@H]1C(=O)N1CCc2c(Cl)cc(F)c(OCc3nnn4c3CCCC4)c2[C@H]1CN1CC2(CC2)CC1=O. The van der Waals surface area contributed by atoms with E-state index in [1.54, 1.807) is 11.8 Å². The van der Waals surface area contributed by atoms with Crippen LogP contribution in [-0.4, -0.2) is 62.1 Å². The molecule has 4 heterocycles. The molecule has 2 N–H and O–H groups in total.